The number of hydrogen-bond acceptors (Lipinski definition) is 4. The summed E-state index contributed by atoms with van der Waals surface area (Å²) < 4.78 is 5.91. The Morgan fingerprint density at radius 1 is 0.912 bits per heavy atom. The minimum Gasteiger partial charge on any atom is -0.489 e. The topological polar surface area (TPSA) is 53.0 Å². The fourth-order valence-corrected chi connectivity index (χ4v) is 4.67. The van der Waals surface area contributed by atoms with E-state index in [9.17, 15) is 9.90 Å². The predicted octanol–water partition coefficient (Wildman–Crippen LogP) is 4.46. The Kier molecular flexibility index (Phi) is 7.66. The molecule has 0 aliphatic carbocycles. The number of hydrogen-bond donors (Lipinski definition) is 1. The van der Waals surface area contributed by atoms with E-state index >= 15 is 0 Å². The molecule has 1 aliphatic heterocycles. The van der Waals surface area contributed by atoms with Gasteiger partial charge in [-0.2, -0.15) is 0 Å². The van der Waals surface area contributed by atoms with Crippen LogP contribution in [-0.2, 0) is 17.9 Å². The molecule has 1 unspecified atom stereocenters. The Morgan fingerprint density at radius 3 is 2.03 bits per heavy atom. The highest BCUT2D eigenvalue weighted by Gasteiger charge is 2.45. The molecule has 1 atom stereocenters. The maximum Gasteiger partial charge on any atom is 0.232 e. The maximum atomic E-state index is 13.2. The van der Waals surface area contributed by atoms with Gasteiger partial charge in [0.2, 0.25) is 5.91 Å². The third-order valence-corrected chi connectivity index (χ3v) is 6.66. The van der Waals surface area contributed by atoms with Crippen LogP contribution in [0.3, 0.4) is 0 Å². The number of likely N-dealkylation sites (tertiary alicyclic amines) is 1. The highest BCUT2D eigenvalue weighted by atomic mass is 16.5. The number of aliphatic hydroxyl groups is 1. The summed E-state index contributed by atoms with van der Waals surface area (Å²) in [6, 6.07) is 28.0. The third kappa shape index (κ3) is 5.85. The van der Waals surface area contributed by atoms with Crippen LogP contribution in [0.4, 0.5) is 0 Å². The molecule has 0 bridgehead atoms. The van der Waals surface area contributed by atoms with Crippen LogP contribution in [0.15, 0.2) is 84.9 Å². The second-order valence-electron chi connectivity index (χ2n) is 9.37. The lowest BCUT2D eigenvalue weighted by Gasteiger charge is -2.43. The van der Waals surface area contributed by atoms with Gasteiger partial charge in [0.25, 0.3) is 0 Å². The molecule has 1 amide bonds. The van der Waals surface area contributed by atoms with Crippen molar-refractivity contribution in [2.45, 2.75) is 37.5 Å². The van der Waals surface area contributed by atoms with Crippen molar-refractivity contribution in [1.82, 2.24) is 9.80 Å². The fourth-order valence-electron chi connectivity index (χ4n) is 4.67. The monoisotopic (exact) mass is 458 g/mol. The molecule has 4 rings (SSSR count). The highest BCUT2D eigenvalue weighted by Crippen LogP contribution is 2.39. The second kappa shape index (κ2) is 10.9. The number of carbonyl (C=O) groups is 1. The molecule has 1 aliphatic rings. The molecule has 0 spiro atoms. The largest absolute Gasteiger partial charge is 0.489 e. The number of nitrogens with zero attached hydrogens (tertiary/aromatic N) is 2. The zero-order valence-corrected chi connectivity index (χ0v) is 20.1. The minimum atomic E-state index is -1.08. The molecule has 1 fully saturated rings. The Balaban J connectivity index is 1.45. The SMILES string of the molecule is CN(C)C(=O)C(c1ccc(OCc2ccccc2)cc1)C1(O)CCN(Cc2ccccc2)CC1. The van der Waals surface area contributed by atoms with Gasteiger partial charge in [0.05, 0.1) is 11.5 Å². The molecular weight excluding hydrogens is 424 g/mol. The number of carbonyl (C=O) groups excluding carboxylic acids is 1. The molecule has 1 N–H and O–H groups in total. The van der Waals surface area contributed by atoms with Gasteiger partial charge in [0.15, 0.2) is 0 Å². The highest BCUT2D eigenvalue weighted by molar-refractivity contribution is 5.85. The molecule has 34 heavy (non-hydrogen) atoms. The average Bonchev–Trinajstić information content (AvgIpc) is 2.86. The molecule has 1 heterocycles. The molecule has 0 saturated carbocycles. The quantitative estimate of drug-likeness (QED) is 0.541. The smallest absolute Gasteiger partial charge is 0.232 e. The molecule has 178 valence electrons. The summed E-state index contributed by atoms with van der Waals surface area (Å²) in [5, 5.41) is 11.7. The number of ether oxygens (including phenoxy) is 1. The molecule has 1 saturated heterocycles. The summed E-state index contributed by atoms with van der Waals surface area (Å²) in [5.74, 6) is 0.0647. The van der Waals surface area contributed by atoms with Crippen molar-refractivity contribution < 1.29 is 14.6 Å². The minimum absolute atomic E-state index is 0.0723. The van der Waals surface area contributed by atoms with E-state index in [1.165, 1.54) is 5.56 Å². The normalized spacial score (nSPS) is 16.6. The van der Waals surface area contributed by atoms with E-state index in [0.29, 0.717) is 19.4 Å². The standard InChI is InChI=1S/C29H34N2O3/c1-30(2)28(32)27(25-13-15-26(16-14-25)34-22-24-11-7-4-8-12-24)29(33)17-19-31(20-18-29)21-23-9-5-3-6-10-23/h3-16,27,33H,17-22H2,1-2H3. The van der Waals surface area contributed by atoms with E-state index < -0.39 is 11.5 Å². The number of rotatable bonds is 8. The van der Waals surface area contributed by atoms with Crippen LogP contribution in [0.2, 0.25) is 0 Å². The molecule has 3 aromatic rings. The summed E-state index contributed by atoms with van der Waals surface area (Å²) in [7, 11) is 3.50. The lowest BCUT2D eigenvalue weighted by atomic mass is 9.75. The summed E-state index contributed by atoms with van der Waals surface area (Å²) in [6.45, 7) is 2.85. The first-order valence-corrected chi connectivity index (χ1v) is 11.9. The van der Waals surface area contributed by atoms with Crippen LogP contribution in [0.5, 0.6) is 5.75 Å². The van der Waals surface area contributed by atoms with Crippen molar-refractivity contribution in [3.8, 4) is 5.75 Å². The van der Waals surface area contributed by atoms with Gasteiger partial charge in [-0.3, -0.25) is 9.69 Å². The van der Waals surface area contributed by atoms with Crippen molar-refractivity contribution in [1.29, 1.82) is 0 Å². The summed E-state index contributed by atoms with van der Waals surface area (Å²) in [6.07, 6.45) is 1.10. The van der Waals surface area contributed by atoms with Crippen LogP contribution in [0.1, 0.15) is 35.4 Å². The van der Waals surface area contributed by atoms with E-state index in [1.807, 2.05) is 60.7 Å². The Labute approximate surface area is 202 Å². The third-order valence-electron chi connectivity index (χ3n) is 6.66. The molecule has 0 radical (unpaired) electrons. The van der Waals surface area contributed by atoms with Gasteiger partial charge in [-0.25, -0.2) is 0 Å². The first kappa shape index (κ1) is 24.0. The first-order chi connectivity index (χ1) is 16.4. The Hall–Kier alpha value is -3.15. The van der Waals surface area contributed by atoms with E-state index in [1.54, 1.807) is 19.0 Å². The Bertz CT molecular complexity index is 1040. The predicted molar refractivity (Wildman–Crippen MR) is 135 cm³/mol. The van der Waals surface area contributed by atoms with E-state index in [0.717, 1.165) is 36.5 Å². The Morgan fingerprint density at radius 2 is 1.47 bits per heavy atom. The summed E-state index contributed by atoms with van der Waals surface area (Å²) in [5.41, 5.74) is 2.11. The fraction of sp³-hybridized carbons (Fsp3) is 0.345. The van der Waals surface area contributed by atoms with Gasteiger partial charge in [-0.15, -0.1) is 0 Å². The lowest BCUT2D eigenvalue weighted by molar-refractivity contribution is -0.140. The van der Waals surface area contributed by atoms with Crippen molar-refractivity contribution in [2.75, 3.05) is 27.2 Å². The molecule has 0 aromatic heterocycles. The molecular formula is C29H34N2O3. The summed E-state index contributed by atoms with van der Waals surface area (Å²) >= 11 is 0. The number of amides is 1. The van der Waals surface area contributed by atoms with Gasteiger partial charge < -0.3 is 14.7 Å². The molecule has 5 heteroatoms. The van der Waals surface area contributed by atoms with Crippen LogP contribution < -0.4 is 4.74 Å². The number of piperidine rings is 1. The molecule has 3 aromatic carbocycles. The average molecular weight is 459 g/mol. The summed E-state index contributed by atoms with van der Waals surface area (Å²) in [4.78, 5) is 17.2. The lowest BCUT2D eigenvalue weighted by Crippen LogP contribution is -2.51. The number of benzene rings is 3. The van der Waals surface area contributed by atoms with E-state index in [4.69, 9.17) is 4.74 Å². The van der Waals surface area contributed by atoms with Gasteiger partial charge in [0, 0.05) is 33.7 Å². The van der Waals surface area contributed by atoms with E-state index in [-0.39, 0.29) is 5.91 Å². The van der Waals surface area contributed by atoms with Crippen molar-refractivity contribution in [2.24, 2.45) is 0 Å². The zero-order valence-electron chi connectivity index (χ0n) is 20.1. The van der Waals surface area contributed by atoms with Crippen molar-refractivity contribution >= 4 is 5.91 Å². The zero-order chi connectivity index (χ0) is 24.0. The van der Waals surface area contributed by atoms with Crippen molar-refractivity contribution in [3.05, 3.63) is 102 Å². The van der Waals surface area contributed by atoms with Crippen LogP contribution in [-0.4, -0.2) is 53.6 Å². The van der Waals surface area contributed by atoms with Crippen LogP contribution in [0.25, 0.3) is 0 Å². The number of likely N-dealkylation sites (N-methyl/N-ethyl adjacent to an activating group) is 1. The van der Waals surface area contributed by atoms with Crippen LogP contribution >= 0.6 is 0 Å². The molecule has 5 nitrogen and oxygen atoms in total. The van der Waals surface area contributed by atoms with Gasteiger partial charge in [-0.1, -0.05) is 72.8 Å². The van der Waals surface area contributed by atoms with Gasteiger partial charge in [-0.05, 0) is 41.7 Å². The van der Waals surface area contributed by atoms with Crippen molar-refractivity contribution in [3.63, 3.8) is 0 Å². The first-order valence-electron chi connectivity index (χ1n) is 11.9. The van der Waals surface area contributed by atoms with Crippen LogP contribution in [0, 0.1) is 0 Å². The maximum absolute atomic E-state index is 13.2. The second-order valence-corrected chi connectivity index (χ2v) is 9.37. The van der Waals surface area contributed by atoms with Gasteiger partial charge >= 0.3 is 0 Å². The van der Waals surface area contributed by atoms with Gasteiger partial charge in [0.1, 0.15) is 12.4 Å². The van der Waals surface area contributed by atoms with E-state index in [2.05, 4.69) is 29.2 Å².